The number of nitrogens with one attached hydrogen (secondary N) is 1. The molecule has 0 aliphatic heterocycles. The van der Waals surface area contributed by atoms with Crippen molar-refractivity contribution in [1.29, 1.82) is 0 Å². The van der Waals surface area contributed by atoms with Crippen LogP contribution in [-0.4, -0.2) is 23.5 Å². The summed E-state index contributed by atoms with van der Waals surface area (Å²) in [6, 6.07) is 19.2. The highest BCUT2D eigenvalue weighted by Crippen LogP contribution is 2.39. The number of carboxylic acid groups (broad SMARTS) is 1. The zero-order valence-electron chi connectivity index (χ0n) is 21.9. The fraction of sp³-hybridized carbons (Fsp3) is 0.267. The van der Waals surface area contributed by atoms with Gasteiger partial charge in [0.1, 0.15) is 11.3 Å². The second kappa shape index (κ2) is 11.6. The lowest BCUT2D eigenvalue weighted by molar-refractivity contribution is -0.274. The predicted molar refractivity (Wildman–Crippen MR) is 143 cm³/mol. The molecule has 0 aliphatic rings. The van der Waals surface area contributed by atoms with Gasteiger partial charge in [0, 0.05) is 6.42 Å². The molecule has 3 aromatic rings. The number of ether oxygens (including phenoxy) is 1. The monoisotopic (exact) mass is 540 g/mol. The Kier molecular flexibility index (Phi) is 8.74. The number of halogens is 3. The van der Waals surface area contributed by atoms with Crippen molar-refractivity contribution in [2.24, 2.45) is 5.73 Å². The molecule has 206 valence electrons. The molecule has 39 heavy (non-hydrogen) atoms. The van der Waals surface area contributed by atoms with Crippen molar-refractivity contribution in [3.05, 3.63) is 107 Å². The Hall–Kier alpha value is -4.27. The molecule has 0 aliphatic carbocycles. The molecule has 0 bridgehead atoms. The van der Waals surface area contributed by atoms with Crippen LogP contribution in [0.3, 0.4) is 0 Å². The Labute approximate surface area is 225 Å². The van der Waals surface area contributed by atoms with Gasteiger partial charge >= 0.3 is 18.4 Å². The SMILES string of the molecule is CC(C)(C)c1ccc(C(NC(N)=O)(c2ccc(C=CCCC(=O)O)cc2)c2ccc(OC(F)(F)F)cc2)cc1. The van der Waals surface area contributed by atoms with Crippen LogP contribution in [0.25, 0.3) is 6.08 Å². The average molecular weight is 541 g/mol. The first-order chi connectivity index (χ1) is 18.2. The number of carboxylic acids is 1. The van der Waals surface area contributed by atoms with E-state index in [0.29, 0.717) is 23.1 Å². The Bertz CT molecular complexity index is 1310. The molecule has 0 saturated carbocycles. The van der Waals surface area contributed by atoms with E-state index in [1.165, 1.54) is 24.3 Å². The minimum atomic E-state index is -4.85. The quantitative estimate of drug-likeness (QED) is 0.262. The van der Waals surface area contributed by atoms with Crippen LogP contribution in [-0.2, 0) is 15.7 Å². The maximum Gasteiger partial charge on any atom is 0.573 e. The Morgan fingerprint density at radius 1 is 0.846 bits per heavy atom. The largest absolute Gasteiger partial charge is 0.573 e. The molecule has 0 radical (unpaired) electrons. The van der Waals surface area contributed by atoms with E-state index in [2.05, 4.69) is 30.8 Å². The highest BCUT2D eigenvalue weighted by Gasteiger charge is 2.38. The van der Waals surface area contributed by atoms with E-state index in [0.717, 1.165) is 11.1 Å². The van der Waals surface area contributed by atoms with Gasteiger partial charge in [-0.05, 0) is 51.8 Å². The van der Waals surface area contributed by atoms with E-state index in [4.69, 9.17) is 10.8 Å². The summed E-state index contributed by atoms with van der Waals surface area (Å²) in [5.74, 6) is -1.29. The predicted octanol–water partition coefficient (Wildman–Crippen LogP) is 6.72. The van der Waals surface area contributed by atoms with Crippen molar-refractivity contribution < 1.29 is 32.6 Å². The van der Waals surface area contributed by atoms with Crippen molar-refractivity contribution >= 4 is 18.1 Å². The Balaban J connectivity index is 2.15. The summed E-state index contributed by atoms with van der Waals surface area (Å²) in [4.78, 5) is 23.1. The van der Waals surface area contributed by atoms with Gasteiger partial charge in [0.05, 0.1) is 0 Å². The number of carbonyl (C=O) groups is 2. The summed E-state index contributed by atoms with van der Waals surface area (Å²) in [6.07, 6.45) is -0.920. The summed E-state index contributed by atoms with van der Waals surface area (Å²) >= 11 is 0. The van der Waals surface area contributed by atoms with E-state index in [1.807, 2.05) is 24.3 Å². The number of rotatable bonds is 9. The van der Waals surface area contributed by atoms with E-state index in [1.54, 1.807) is 36.4 Å². The van der Waals surface area contributed by atoms with Crippen LogP contribution in [0.4, 0.5) is 18.0 Å². The summed E-state index contributed by atoms with van der Waals surface area (Å²) in [5, 5.41) is 11.7. The first-order valence-corrected chi connectivity index (χ1v) is 12.2. The smallest absolute Gasteiger partial charge is 0.481 e. The number of urea groups is 1. The van der Waals surface area contributed by atoms with Crippen LogP contribution >= 0.6 is 0 Å². The van der Waals surface area contributed by atoms with Crippen LogP contribution < -0.4 is 15.8 Å². The third-order valence-electron chi connectivity index (χ3n) is 6.19. The van der Waals surface area contributed by atoms with Gasteiger partial charge in [-0.25, -0.2) is 4.79 Å². The normalized spacial score (nSPS) is 13.6. The lowest BCUT2D eigenvalue weighted by Gasteiger charge is -2.36. The van der Waals surface area contributed by atoms with Gasteiger partial charge in [0.2, 0.25) is 0 Å². The standard InChI is InChI=1S/C30H31F3N2O4/c1-28(2,3)21-12-14-23(15-13-21)29(35-27(34)38,24-16-18-25(19-17-24)39-30(31,32)33)22-10-8-20(9-11-22)6-4-5-7-26(36)37/h4,6,8-19H,5,7H2,1-3H3,(H,36,37)(H3,34,35,38). The number of hydrogen-bond acceptors (Lipinski definition) is 3. The number of benzene rings is 3. The molecular formula is C30H31F3N2O4. The number of hydrogen-bond donors (Lipinski definition) is 3. The van der Waals surface area contributed by atoms with Crippen LogP contribution in [0.15, 0.2) is 78.9 Å². The fourth-order valence-electron chi connectivity index (χ4n) is 4.30. The van der Waals surface area contributed by atoms with Gasteiger partial charge in [0.15, 0.2) is 0 Å². The maximum atomic E-state index is 12.8. The highest BCUT2D eigenvalue weighted by atomic mass is 19.4. The molecule has 0 spiro atoms. The number of primary amides is 1. The third-order valence-corrected chi connectivity index (χ3v) is 6.19. The van der Waals surface area contributed by atoms with Crippen LogP contribution in [0.5, 0.6) is 5.75 Å². The van der Waals surface area contributed by atoms with Crippen molar-refractivity contribution in [3.8, 4) is 5.75 Å². The number of allylic oxidation sites excluding steroid dienone is 1. The van der Waals surface area contributed by atoms with Crippen molar-refractivity contribution in [1.82, 2.24) is 5.32 Å². The number of alkyl halides is 3. The van der Waals surface area contributed by atoms with Gasteiger partial charge in [-0.1, -0.05) is 93.6 Å². The van der Waals surface area contributed by atoms with Gasteiger partial charge < -0.3 is 20.9 Å². The first-order valence-electron chi connectivity index (χ1n) is 12.2. The molecule has 9 heteroatoms. The molecule has 3 rings (SSSR count). The molecule has 4 N–H and O–H groups in total. The Morgan fingerprint density at radius 2 is 1.31 bits per heavy atom. The number of carbonyl (C=O) groups excluding carboxylic acids is 1. The second-order valence-electron chi connectivity index (χ2n) is 10.1. The van der Waals surface area contributed by atoms with Crippen molar-refractivity contribution in [3.63, 3.8) is 0 Å². The van der Waals surface area contributed by atoms with Crippen LogP contribution in [0, 0.1) is 0 Å². The molecule has 3 aromatic carbocycles. The van der Waals surface area contributed by atoms with Crippen LogP contribution in [0.1, 0.15) is 61.4 Å². The number of nitrogens with two attached hydrogens (primary N) is 1. The molecule has 6 nitrogen and oxygen atoms in total. The lowest BCUT2D eigenvalue weighted by atomic mass is 9.75. The molecule has 0 heterocycles. The average Bonchev–Trinajstić information content (AvgIpc) is 2.84. The molecule has 1 unspecified atom stereocenters. The lowest BCUT2D eigenvalue weighted by Crippen LogP contribution is -2.50. The number of amides is 2. The molecule has 2 amide bonds. The van der Waals surface area contributed by atoms with E-state index in [9.17, 15) is 22.8 Å². The third kappa shape index (κ3) is 7.63. The summed E-state index contributed by atoms with van der Waals surface area (Å²) < 4.78 is 42.3. The van der Waals surface area contributed by atoms with E-state index >= 15 is 0 Å². The second-order valence-corrected chi connectivity index (χ2v) is 10.1. The summed E-state index contributed by atoms with van der Waals surface area (Å²) in [6.45, 7) is 6.21. The van der Waals surface area contributed by atoms with Gasteiger partial charge in [-0.15, -0.1) is 13.2 Å². The minimum Gasteiger partial charge on any atom is -0.481 e. The molecule has 0 fully saturated rings. The maximum absolute atomic E-state index is 12.8. The van der Waals surface area contributed by atoms with Gasteiger partial charge in [-0.2, -0.15) is 0 Å². The molecule has 0 saturated heterocycles. The molecular weight excluding hydrogens is 509 g/mol. The molecule has 0 aromatic heterocycles. The molecule has 1 atom stereocenters. The number of aliphatic carboxylic acids is 1. The zero-order chi connectivity index (χ0) is 28.8. The minimum absolute atomic E-state index is 0.0127. The first kappa shape index (κ1) is 29.3. The Morgan fingerprint density at radius 3 is 1.74 bits per heavy atom. The topological polar surface area (TPSA) is 102 Å². The summed E-state index contributed by atoms with van der Waals surface area (Å²) in [5.41, 5.74) is 7.74. The zero-order valence-corrected chi connectivity index (χ0v) is 21.9. The van der Waals surface area contributed by atoms with E-state index < -0.39 is 29.7 Å². The van der Waals surface area contributed by atoms with Crippen molar-refractivity contribution in [2.75, 3.05) is 0 Å². The summed E-state index contributed by atoms with van der Waals surface area (Å²) in [7, 11) is 0. The van der Waals surface area contributed by atoms with Crippen molar-refractivity contribution in [2.45, 2.75) is 50.9 Å². The highest BCUT2D eigenvalue weighted by molar-refractivity contribution is 5.75. The van der Waals surface area contributed by atoms with E-state index in [-0.39, 0.29) is 11.8 Å². The van der Waals surface area contributed by atoms with Gasteiger partial charge in [-0.3, -0.25) is 4.79 Å². The fourth-order valence-corrected chi connectivity index (χ4v) is 4.30. The van der Waals surface area contributed by atoms with Gasteiger partial charge in [0.25, 0.3) is 0 Å². The van der Waals surface area contributed by atoms with Crippen LogP contribution in [0.2, 0.25) is 0 Å².